The number of halogens is 2. The van der Waals surface area contributed by atoms with Crippen molar-refractivity contribution in [3.8, 4) is 0 Å². The first-order valence-electron chi connectivity index (χ1n) is 4.85. The van der Waals surface area contributed by atoms with E-state index in [1.54, 1.807) is 6.92 Å². The first kappa shape index (κ1) is 14.1. The third kappa shape index (κ3) is 2.55. The van der Waals surface area contributed by atoms with Crippen LogP contribution in [0, 0.1) is 0 Å². The van der Waals surface area contributed by atoms with Crippen molar-refractivity contribution in [1.29, 1.82) is 0 Å². The van der Waals surface area contributed by atoms with E-state index in [0.29, 0.717) is 5.70 Å². The molecule has 0 spiro atoms. The molecule has 0 atom stereocenters. The zero-order chi connectivity index (χ0) is 14.4. The third-order valence-corrected chi connectivity index (χ3v) is 4.07. The maximum absolute atomic E-state index is 11.5. The summed E-state index contributed by atoms with van der Waals surface area (Å²) in [4.78, 5) is 11.0. The standard InChI is InChI=1S/C10H6Cl2N2O4S/c1-4-9(10(15)14-13-4)5-2-7(12)8(3-6(5)11)19(16,17)18/h2-3H,1H3,(H,16,17,18). The fourth-order valence-electron chi connectivity index (χ4n) is 1.60. The molecule has 100 valence electrons. The minimum atomic E-state index is -4.49. The zero-order valence-electron chi connectivity index (χ0n) is 9.39. The summed E-state index contributed by atoms with van der Waals surface area (Å²) in [6.45, 7) is 1.56. The Bertz CT molecular complexity index is 753. The molecule has 1 heterocycles. The van der Waals surface area contributed by atoms with Crippen LogP contribution in [0.2, 0.25) is 10.0 Å². The molecule has 1 N–H and O–H groups in total. The first-order chi connectivity index (χ1) is 8.71. The second kappa shape index (κ2) is 4.68. The van der Waals surface area contributed by atoms with E-state index in [1.165, 1.54) is 6.07 Å². The Morgan fingerprint density at radius 1 is 1.16 bits per heavy atom. The lowest BCUT2D eigenvalue weighted by molar-refractivity contribution is -0.112. The third-order valence-electron chi connectivity index (χ3n) is 2.44. The Balaban J connectivity index is 2.67. The van der Waals surface area contributed by atoms with Gasteiger partial charge in [0.2, 0.25) is 0 Å². The van der Waals surface area contributed by atoms with E-state index in [1.807, 2.05) is 0 Å². The summed E-state index contributed by atoms with van der Waals surface area (Å²) in [5, 5.41) is 6.66. The van der Waals surface area contributed by atoms with Gasteiger partial charge in [-0.1, -0.05) is 23.2 Å². The van der Waals surface area contributed by atoms with Crippen molar-refractivity contribution < 1.29 is 17.8 Å². The lowest BCUT2D eigenvalue weighted by Gasteiger charge is -2.08. The van der Waals surface area contributed by atoms with Crippen LogP contribution in [-0.4, -0.2) is 18.9 Å². The van der Waals surface area contributed by atoms with Crippen LogP contribution in [0.3, 0.4) is 0 Å². The molecule has 6 nitrogen and oxygen atoms in total. The normalized spacial score (nSPS) is 15.5. The molecule has 9 heteroatoms. The van der Waals surface area contributed by atoms with Gasteiger partial charge in [-0.2, -0.15) is 13.5 Å². The van der Waals surface area contributed by atoms with Crippen molar-refractivity contribution in [2.75, 3.05) is 0 Å². The van der Waals surface area contributed by atoms with Crippen LogP contribution in [-0.2, 0) is 14.9 Å². The van der Waals surface area contributed by atoms with E-state index in [4.69, 9.17) is 27.8 Å². The Labute approximate surface area is 118 Å². The molecule has 0 aliphatic carbocycles. The Morgan fingerprint density at radius 2 is 1.79 bits per heavy atom. The molecular formula is C10H6Cl2N2O4S. The van der Waals surface area contributed by atoms with Crippen molar-refractivity contribution in [3.05, 3.63) is 33.4 Å². The highest BCUT2D eigenvalue weighted by Crippen LogP contribution is 2.36. The van der Waals surface area contributed by atoms with Gasteiger partial charge in [0, 0.05) is 5.56 Å². The molecular weight excluding hydrogens is 315 g/mol. The molecule has 0 saturated carbocycles. The molecule has 0 saturated heterocycles. The highest BCUT2D eigenvalue weighted by atomic mass is 35.5. The lowest BCUT2D eigenvalue weighted by atomic mass is 10.0. The number of hydrogen-bond acceptors (Lipinski definition) is 4. The average Bonchev–Trinajstić information content (AvgIpc) is 2.60. The van der Waals surface area contributed by atoms with Gasteiger partial charge in [0.1, 0.15) is 4.90 Å². The molecule has 1 aromatic carbocycles. The smallest absolute Gasteiger partial charge is 0.282 e. The molecule has 1 aromatic rings. The molecule has 0 radical (unpaired) electrons. The van der Waals surface area contributed by atoms with Gasteiger partial charge in [0.05, 0.1) is 21.3 Å². The second-order valence-electron chi connectivity index (χ2n) is 3.70. The van der Waals surface area contributed by atoms with E-state index in [2.05, 4.69) is 10.2 Å². The van der Waals surface area contributed by atoms with E-state index < -0.39 is 20.9 Å². The van der Waals surface area contributed by atoms with Crippen LogP contribution in [0.5, 0.6) is 0 Å². The number of amides is 1. The van der Waals surface area contributed by atoms with Gasteiger partial charge < -0.3 is 0 Å². The van der Waals surface area contributed by atoms with Crippen LogP contribution in [0.15, 0.2) is 33.0 Å². The van der Waals surface area contributed by atoms with Crippen molar-refractivity contribution in [1.82, 2.24) is 0 Å². The number of azo groups is 1. The van der Waals surface area contributed by atoms with Gasteiger partial charge in [-0.25, -0.2) is 0 Å². The number of carbonyl (C=O) groups is 1. The number of hydrogen-bond donors (Lipinski definition) is 1. The predicted molar refractivity (Wildman–Crippen MR) is 68.7 cm³/mol. The summed E-state index contributed by atoms with van der Waals surface area (Å²) in [5.41, 5.74) is 0.711. The number of allylic oxidation sites excluding steroid dienone is 1. The van der Waals surface area contributed by atoms with Crippen molar-refractivity contribution in [2.24, 2.45) is 10.2 Å². The largest absolute Gasteiger partial charge is 0.297 e. The number of rotatable bonds is 2. The van der Waals surface area contributed by atoms with Crippen molar-refractivity contribution >= 4 is 44.8 Å². The molecule has 0 aromatic heterocycles. The summed E-state index contributed by atoms with van der Waals surface area (Å²) in [6.07, 6.45) is 0. The first-order valence-corrected chi connectivity index (χ1v) is 7.05. The average molecular weight is 321 g/mol. The van der Waals surface area contributed by atoms with Crippen molar-refractivity contribution in [2.45, 2.75) is 11.8 Å². The van der Waals surface area contributed by atoms with Gasteiger partial charge in [0.15, 0.2) is 0 Å². The number of carbonyl (C=O) groups excluding carboxylic acids is 1. The Hall–Kier alpha value is -1.28. The van der Waals surface area contributed by atoms with Crippen LogP contribution in [0.25, 0.3) is 5.57 Å². The van der Waals surface area contributed by atoms with Gasteiger partial charge in [0.25, 0.3) is 16.0 Å². The summed E-state index contributed by atoms with van der Waals surface area (Å²) >= 11 is 11.7. The molecule has 1 aliphatic heterocycles. The van der Waals surface area contributed by atoms with Gasteiger partial charge in [-0.3, -0.25) is 9.35 Å². The quantitative estimate of drug-likeness (QED) is 0.847. The summed E-state index contributed by atoms with van der Waals surface area (Å²) in [6, 6.07) is 2.15. The topological polar surface area (TPSA) is 96.2 Å². The van der Waals surface area contributed by atoms with Crippen LogP contribution >= 0.6 is 23.2 Å². The van der Waals surface area contributed by atoms with E-state index in [-0.39, 0.29) is 21.2 Å². The number of benzene rings is 1. The fourth-order valence-corrected chi connectivity index (χ4v) is 2.95. The number of nitrogens with zero attached hydrogens (tertiary/aromatic N) is 2. The summed E-state index contributed by atoms with van der Waals surface area (Å²) in [7, 11) is -4.49. The monoisotopic (exact) mass is 320 g/mol. The molecule has 1 aliphatic rings. The molecule has 1 amide bonds. The molecule has 0 unspecified atom stereocenters. The van der Waals surface area contributed by atoms with Crippen molar-refractivity contribution in [3.63, 3.8) is 0 Å². The van der Waals surface area contributed by atoms with Gasteiger partial charge in [-0.05, 0) is 19.1 Å². The second-order valence-corrected chi connectivity index (χ2v) is 5.91. The SMILES string of the molecule is CC1=C(c2cc(Cl)c(S(=O)(=O)O)cc2Cl)C(=O)N=N1. The Morgan fingerprint density at radius 3 is 2.26 bits per heavy atom. The molecule has 0 fully saturated rings. The highest BCUT2D eigenvalue weighted by Gasteiger charge is 2.25. The van der Waals surface area contributed by atoms with E-state index >= 15 is 0 Å². The molecule has 19 heavy (non-hydrogen) atoms. The maximum atomic E-state index is 11.5. The summed E-state index contributed by atoms with van der Waals surface area (Å²) in [5.74, 6) is -0.588. The van der Waals surface area contributed by atoms with Gasteiger partial charge in [-0.15, -0.1) is 5.11 Å². The summed E-state index contributed by atoms with van der Waals surface area (Å²) < 4.78 is 31.1. The maximum Gasteiger partial charge on any atom is 0.297 e. The minimum Gasteiger partial charge on any atom is -0.282 e. The minimum absolute atomic E-state index is 0.0491. The van der Waals surface area contributed by atoms with E-state index in [0.717, 1.165) is 6.07 Å². The lowest BCUT2D eigenvalue weighted by Crippen LogP contribution is -2.02. The van der Waals surface area contributed by atoms with Crippen LogP contribution in [0.1, 0.15) is 12.5 Å². The zero-order valence-corrected chi connectivity index (χ0v) is 11.7. The Kier molecular flexibility index (Phi) is 3.48. The predicted octanol–water partition coefficient (Wildman–Crippen LogP) is 2.96. The molecule has 2 rings (SSSR count). The fraction of sp³-hybridized carbons (Fsp3) is 0.100. The van der Waals surface area contributed by atoms with Gasteiger partial charge >= 0.3 is 0 Å². The molecule has 0 bridgehead atoms. The van der Waals surface area contributed by atoms with E-state index in [9.17, 15) is 13.2 Å². The highest BCUT2D eigenvalue weighted by molar-refractivity contribution is 7.86. The van der Waals surface area contributed by atoms with Crippen LogP contribution in [0.4, 0.5) is 0 Å². The van der Waals surface area contributed by atoms with Crippen LogP contribution < -0.4 is 0 Å².